The number of carbonyl (C=O) groups excluding carboxylic acids is 2. The van der Waals surface area contributed by atoms with E-state index in [-0.39, 0.29) is 5.78 Å². The number of H-pyrrole nitrogens is 1. The second-order valence-electron chi connectivity index (χ2n) is 6.04. The third-order valence-corrected chi connectivity index (χ3v) is 4.19. The minimum absolute atomic E-state index is 0.268. The van der Waals surface area contributed by atoms with Crippen LogP contribution in [-0.4, -0.2) is 27.8 Å². The van der Waals surface area contributed by atoms with Crippen LogP contribution in [-0.2, 0) is 9.53 Å². The molecular weight excluding hydrogens is 344 g/mol. The van der Waals surface area contributed by atoms with Crippen molar-refractivity contribution < 1.29 is 18.7 Å². The molecule has 0 aliphatic heterocycles. The molecule has 27 heavy (non-hydrogen) atoms. The first-order valence-electron chi connectivity index (χ1n) is 8.46. The van der Waals surface area contributed by atoms with Gasteiger partial charge in [0, 0.05) is 34.8 Å². The number of aromatic amines is 1. The summed E-state index contributed by atoms with van der Waals surface area (Å²) in [5.74, 6) is -0.613. The Balaban J connectivity index is 1.44. The summed E-state index contributed by atoms with van der Waals surface area (Å²) in [4.78, 5) is 31.9. The number of hydrogen-bond donors (Lipinski definition) is 1. The summed E-state index contributed by atoms with van der Waals surface area (Å²) in [7, 11) is 0. The molecule has 2 heterocycles. The van der Waals surface area contributed by atoms with Crippen LogP contribution in [0.4, 0.5) is 0 Å². The Hall–Kier alpha value is -3.67. The standard InChI is InChI=1S/C21H16N2O4/c1-13(21(25)15-12-22-16-7-3-2-6-14(15)16)26-20(24)11-10-19-23-17-8-4-5-9-18(17)27-19/h2-13,22H,1H3/b11-10+/t13-/m1/s1. The van der Waals surface area contributed by atoms with Crippen molar-refractivity contribution in [3.05, 3.63) is 72.3 Å². The number of carbonyl (C=O) groups is 2. The van der Waals surface area contributed by atoms with Gasteiger partial charge in [-0.25, -0.2) is 9.78 Å². The van der Waals surface area contributed by atoms with E-state index in [0.29, 0.717) is 22.6 Å². The molecule has 0 amide bonds. The lowest BCUT2D eigenvalue weighted by Gasteiger charge is -2.10. The number of benzene rings is 2. The lowest BCUT2D eigenvalue weighted by atomic mass is 10.1. The molecule has 134 valence electrons. The first kappa shape index (κ1) is 16.8. The van der Waals surface area contributed by atoms with Gasteiger partial charge in [-0.15, -0.1) is 0 Å². The summed E-state index contributed by atoms with van der Waals surface area (Å²) in [6.07, 6.45) is 3.34. The lowest BCUT2D eigenvalue weighted by molar-refractivity contribution is -0.140. The highest BCUT2D eigenvalue weighted by Crippen LogP contribution is 2.20. The first-order valence-corrected chi connectivity index (χ1v) is 8.46. The predicted octanol–water partition coefficient (Wildman–Crippen LogP) is 4.14. The number of oxazole rings is 1. The SMILES string of the molecule is C[C@@H](OC(=O)/C=C/c1nc2ccccc2o1)C(=O)c1c[nH]c2ccccc12. The number of esters is 1. The number of nitrogens with zero attached hydrogens (tertiary/aromatic N) is 1. The van der Waals surface area contributed by atoms with Crippen molar-refractivity contribution in [1.29, 1.82) is 0 Å². The molecule has 0 fully saturated rings. The molecule has 4 rings (SSSR count). The maximum atomic E-state index is 12.6. The van der Waals surface area contributed by atoms with Crippen molar-refractivity contribution in [2.45, 2.75) is 13.0 Å². The number of ether oxygens (including phenoxy) is 1. The highest BCUT2D eigenvalue weighted by Gasteiger charge is 2.21. The second kappa shape index (κ2) is 6.92. The van der Waals surface area contributed by atoms with Crippen molar-refractivity contribution in [1.82, 2.24) is 9.97 Å². The van der Waals surface area contributed by atoms with Crippen molar-refractivity contribution >= 4 is 39.8 Å². The maximum absolute atomic E-state index is 12.6. The Morgan fingerprint density at radius 2 is 1.93 bits per heavy atom. The fourth-order valence-corrected chi connectivity index (χ4v) is 2.86. The normalized spacial score (nSPS) is 12.6. The van der Waals surface area contributed by atoms with Gasteiger partial charge in [-0.1, -0.05) is 30.3 Å². The zero-order valence-electron chi connectivity index (χ0n) is 14.5. The van der Waals surface area contributed by atoms with E-state index in [0.717, 1.165) is 10.9 Å². The quantitative estimate of drug-likeness (QED) is 0.328. The number of Topliss-reactive ketones (excluding diaryl/α,β-unsaturated/α-hetero) is 1. The summed E-state index contributed by atoms with van der Waals surface area (Å²) in [6, 6.07) is 14.8. The van der Waals surface area contributed by atoms with Gasteiger partial charge in [0.2, 0.25) is 11.7 Å². The van der Waals surface area contributed by atoms with Crippen molar-refractivity contribution in [3.8, 4) is 0 Å². The molecule has 4 aromatic rings. The Bertz CT molecular complexity index is 1140. The molecule has 1 N–H and O–H groups in total. The first-order chi connectivity index (χ1) is 13.1. The van der Waals surface area contributed by atoms with Gasteiger partial charge < -0.3 is 14.1 Å². The number of aromatic nitrogens is 2. The maximum Gasteiger partial charge on any atom is 0.331 e. The van der Waals surface area contributed by atoms with Gasteiger partial charge in [0.1, 0.15) is 5.52 Å². The van der Waals surface area contributed by atoms with Gasteiger partial charge in [-0.05, 0) is 25.1 Å². The van der Waals surface area contributed by atoms with Crippen LogP contribution < -0.4 is 0 Å². The van der Waals surface area contributed by atoms with Crippen LogP contribution in [0.15, 0.2) is 65.2 Å². The highest BCUT2D eigenvalue weighted by atomic mass is 16.5. The molecular formula is C21H16N2O4. The van der Waals surface area contributed by atoms with E-state index in [1.54, 1.807) is 19.2 Å². The fourth-order valence-electron chi connectivity index (χ4n) is 2.86. The van der Waals surface area contributed by atoms with Crippen LogP contribution >= 0.6 is 0 Å². The number of rotatable bonds is 5. The zero-order chi connectivity index (χ0) is 18.8. The monoisotopic (exact) mass is 360 g/mol. The molecule has 0 saturated heterocycles. The molecule has 6 heteroatoms. The summed E-state index contributed by atoms with van der Waals surface area (Å²) in [6.45, 7) is 1.55. The van der Waals surface area contributed by atoms with E-state index in [4.69, 9.17) is 9.15 Å². The molecule has 0 saturated carbocycles. The third kappa shape index (κ3) is 3.37. The van der Waals surface area contributed by atoms with Gasteiger partial charge in [-0.3, -0.25) is 4.79 Å². The van der Waals surface area contributed by atoms with E-state index in [1.807, 2.05) is 42.5 Å². The summed E-state index contributed by atoms with van der Waals surface area (Å²) in [5.41, 5.74) is 2.69. The molecule has 6 nitrogen and oxygen atoms in total. The van der Waals surface area contributed by atoms with E-state index < -0.39 is 12.1 Å². The molecule has 2 aromatic heterocycles. The molecule has 1 atom stereocenters. The third-order valence-electron chi connectivity index (χ3n) is 4.19. The van der Waals surface area contributed by atoms with Crippen LogP contribution in [0.5, 0.6) is 0 Å². The van der Waals surface area contributed by atoms with Gasteiger partial charge >= 0.3 is 5.97 Å². The molecule has 0 unspecified atom stereocenters. The summed E-state index contributed by atoms with van der Waals surface area (Å²) < 4.78 is 10.7. The Morgan fingerprint density at radius 3 is 2.78 bits per heavy atom. The van der Waals surface area contributed by atoms with Gasteiger partial charge in [0.15, 0.2) is 11.7 Å². The van der Waals surface area contributed by atoms with Gasteiger partial charge in [0.25, 0.3) is 0 Å². The average molecular weight is 360 g/mol. The van der Waals surface area contributed by atoms with Crippen LogP contribution in [0.25, 0.3) is 28.1 Å². The number of ketones is 1. The van der Waals surface area contributed by atoms with E-state index in [9.17, 15) is 9.59 Å². The number of para-hydroxylation sites is 3. The Labute approximate surface area is 154 Å². The smallest absolute Gasteiger partial charge is 0.331 e. The van der Waals surface area contributed by atoms with Gasteiger partial charge in [-0.2, -0.15) is 0 Å². The van der Waals surface area contributed by atoms with Crippen LogP contribution in [0.2, 0.25) is 0 Å². The van der Waals surface area contributed by atoms with E-state index >= 15 is 0 Å². The molecule has 0 spiro atoms. The second-order valence-corrected chi connectivity index (χ2v) is 6.04. The lowest BCUT2D eigenvalue weighted by Crippen LogP contribution is -2.23. The molecule has 2 aromatic carbocycles. The van der Waals surface area contributed by atoms with E-state index in [1.165, 1.54) is 12.2 Å². The number of fused-ring (bicyclic) bond motifs is 2. The minimum atomic E-state index is -0.912. The molecule has 0 radical (unpaired) electrons. The summed E-state index contributed by atoms with van der Waals surface area (Å²) >= 11 is 0. The van der Waals surface area contributed by atoms with Crippen LogP contribution in [0, 0.1) is 0 Å². The predicted molar refractivity (Wildman–Crippen MR) is 101 cm³/mol. The minimum Gasteiger partial charge on any atom is -0.451 e. The van der Waals surface area contributed by atoms with E-state index in [2.05, 4.69) is 9.97 Å². The van der Waals surface area contributed by atoms with Crippen molar-refractivity contribution in [3.63, 3.8) is 0 Å². The average Bonchev–Trinajstić information content (AvgIpc) is 3.29. The van der Waals surface area contributed by atoms with Crippen molar-refractivity contribution in [2.75, 3.05) is 0 Å². The topological polar surface area (TPSA) is 85.2 Å². The molecule has 0 bridgehead atoms. The van der Waals surface area contributed by atoms with Gasteiger partial charge in [0.05, 0.1) is 0 Å². The zero-order valence-corrected chi connectivity index (χ0v) is 14.5. The van der Waals surface area contributed by atoms with Crippen LogP contribution in [0.1, 0.15) is 23.2 Å². The summed E-state index contributed by atoms with van der Waals surface area (Å²) in [5, 5.41) is 0.799. The molecule has 0 aliphatic rings. The number of hydrogen-bond acceptors (Lipinski definition) is 5. The Kier molecular flexibility index (Phi) is 4.30. The molecule has 0 aliphatic carbocycles. The largest absolute Gasteiger partial charge is 0.451 e. The van der Waals surface area contributed by atoms with Crippen molar-refractivity contribution in [2.24, 2.45) is 0 Å². The highest BCUT2D eigenvalue weighted by molar-refractivity contribution is 6.10. The Morgan fingerprint density at radius 1 is 1.15 bits per heavy atom. The fraction of sp³-hybridized carbons (Fsp3) is 0.0952. The number of nitrogens with one attached hydrogen (secondary N) is 1. The van der Waals surface area contributed by atoms with Crippen LogP contribution in [0.3, 0.4) is 0 Å².